The lowest BCUT2D eigenvalue weighted by atomic mass is 10.1. The van der Waals surface area contributed by atoms with Crippen molar-refractivity contribution in [2.75, 3.05) is 13.1 Å². The van der Waals surface area contributed by atoms with E-state index in [0.29, 0.717) is 17.4 Å². The maximum absolute atomic E-state index is 12.3. The van der Waals surface area contributed by atoms with Crippen molar-refractivity contribution >= 4 is 27.7 Å². The average molecular weight is 330 g/mol. The van der Waals surface area contributed by atoms with Gasteiger partial charge in [-0.15, -0.1) is 0 Å². The first-order valence-corrected chi connectivity index (χ1v) is 6.41. The summed E-state index contributed by atoms with van der Waals surface area (Å²) in [6, 6.07) is 1.14. The number of aliphatic hydroxyl groups is 1. The van der Waals surface area contributed by atoms with Gasteiger partial charge in [0.1, 0.15) is 0 Å². The summed E-state index contributed by atoms with van der Waals surface area (Å²) >= 11 is 3.16. The molecule has 1 aliphatic rings. The number of carbonyl (C=O) groups is 1. The minimum atomic E-state index is -0.902. The lowest BCUT2D eigenvalue weighted by Gasteiger charge is -2.19. The van der Waals surface area contributed by atoms with Crippen LogP contribution in [0.4, 0.5) is 5.82 Å². The number of β-amino-alcohol motifs (C(OH)–C–C–N with tert-alkyl or cyclic N) is 1. The van der Waals surface area contributed by atoms with E-state index >= 15 is 0 Å². The number of likely N-dealkylation sites (tertiary alicyclic amines) is 1. The first-order valence-electron chi connectivity index (χ1n) is 5.62. The number of nitro groups is 1. The summed E-state index contributed by atoms with van der Waals surface area (Å²) in [4.78, 5) is 27.4. The number of nitrogens with zero attached hydrogens (tertiary/aromatic N) is 3. The van der Waals surface area contributed by atoms with Gasteiger partial charge in [-0.05, 0) is 39.2 Å². The van der Waals surface area contributed by atoms with Gasteiger partial charge in [0.05, 0.1) is 15.6 Å². The van der Waals surface area contributed by atoms with Gasteiger partial charge in [-0.1, -0.05) is 0 Å². The standard InChI is InChI=1S/C11H12BrN3O4/c1-11(17)2-3-14(6-11)10(16)7-4-9(15(18)19)13-5-8(7)12/h4-5,17H,2-3,6H2,1H3. The summed E-state index contributed by atoms with van der Waals surface area (Å²) < 4.78 is 0.398. The Kier molecular flexibility index (Phi) is 3.55. The number of halogens is 1. The maximum atomic E-state index is 12.3. The summed E-state index contributed by atoms with van der Waals surface area (Å²) in [5.74, 6) is -0.729. The molecule has 1 amide bonds. The van der Waals surface area contributed by atoms with Gasteiger partial charge in [0.15, 0.2) is 6.20 Å². The molecule has 19 heavy (non-hydrogen) atoms. The number of amides is 1. The molecule has 2 heterocycles. The quantitative estimate of drug-likeness (QED) is 0.652. The van der Waals surface area contributed by atoms with Gasteiger partial charge < -0.3 is 20.1 Å². The van der Waals surface area contributed by atoms with Gasteiger partial charge in [0.2, 0.25) is 0 Å². The van der Waals surface area contributed by atoms with E-state index in [0.717, 1.165) is 6.07 Å². The Bertz CT molecular complexity index is 547. The van der Waals surface area contributed by atoms with Crippen molar-refractivity contribution in [2.45, 2.75) is 18.9 Å². The van der Waals surface area contributed by atoms with Gasteiger partial charge in [-0.2, -0.15) is 0 Å². The van der Waals surface area contributed by atoms with Crippen LogP contribution in [0, 0.1) is 10.1 Å². The van der Waals surface area contributed by atoms with E-state index in [9.17, 15) is 20.0 Å². The number of hydrogen-bond acceptors (Lipinski definition) is 5. The second-order valence-electron chi connectivity index (χ2n) is 4.75. The zero-order valence-electron chi connectivity index (χ0n) is 10.2. The second-order valence-corrected chi connectivity index (χ2v) is 5.61. The highest BCUT2D eigenvalue weighted by molar-refractivity contribution is 9.10. The second kappa shape index (κ2) is 4.86. The van der Waals surface area contributed by atoms with Gasteiger partial charge in [0, 0.05) is 19.2 Å². The highest BCUT2D eigenvalue weighted by Crippen LogP contribution is 2.26. The fraction of sp³-hybridized carbons (Fsp3) is 0.455. The third-order valence-electron chi connectivity index (χ3n) is 3.00. The fourth-order valence-corrected chi connectivity index (χ4v) is 2.37. The molecule has 1 N–H and O–H groups in total. The van der Waals surface area contributed by atoms with Crippen LogP contribution in [0.25, 0.3) is 0 Å². The minimum Gasteiger partial charge on any atom is -0.388 e. The molecule has 1 fully saturated rings. The highest BCUT2D eigenvalue weighted by Gasteiger charge is 2.35. The average Bonchev–Trinajstić information content (AvgIpc) is 2.69. The van der Waals surface area contributed by atoms with Crippen LogP contribution in [0.2, 0.25) is 0 Å². The zero-order valence-corrected chi connectivity index (χ0v) is 11.8. The summed E-state index contributed by atoms with van der Waals surface area (Å²) in [7, 11) is 0. The molecule has 0 bridgehead atoms. The monoisotopic (exact) mass is 329 g/mol. The Morgan fingerprint density at radius 2 is 2.37 bits per heavy atom. The van der Waals surface area contributed by atoms with Crippen molar-refractivity contribution in [2.24, 2.45) is 0 Å². The van der Waals surface area contributed by atoms with Crippen LogP contribution in [0.5, 0.6) is 0 Å². The smallest absolute Gasteiger partial charge is 0.364 e. The van der Waals surface area contributed by atoms with Crippen LogP contribution in [-0.2, 0) is 0 Å². The normalized spacial score (nSPS) is 22.6. The maximum Gasteiger partial charge on any atom is 0.364 e. The summed E-state index contributed by atoms with van der Waals surface area (Å²) in [6.45, 7) is 2.30. The summed E-state index contributed by atoms with van der Waals surface area (Å²) in [6.07, 6.45) is 1.73. The molecule has 1 atom stereocenters. The molecule has 0 spiro atoms. The predicted molar refractivity (Wildman–Crippen MR) is 69.7 cm³/mol. The van der Waals surface area contributed by atoms with Gasteiger partial charge in [0.25, 0.3) is 5.91 Å². The van der Waals surface area contributed by atoms with Crippen LogP contribution < -0.4 is 0 Å². The first-order chi connectivity index (χ1) is 8.80. The third-order valence-corrected chi connectivity index (χ3v) is 3.63. The Balaban J connectivity index is 2.29. The zero-order chi connectivity index (χ0) is 14.2. The van der Waals surface area contributed by atoms with Crippen molar-refractivity contribution < 1.29 is 14.8 Å². The Morgan fingerprint density at radius 3 is 2.89 bits per heavy atom. The molecule has 102 valence electrons. The summed E-state index contributed by atoms with van der Waals surface area (Å²) in [5.41, 5.74) is -0.722. The molecule has 1 aromatic heterocycles. The topological polar surface area (TPSA) is 96.6 Å². The summed E-state index contributed by atoms with van der Waals surface area (Å²) in [5, 5.41) is 20.5. The van der Waals surface area contributed by atoms with E-state index in [1.807, 2.05) is 0 Å². The Hall–Kier alpha value is -1.54. The number of carbonyl (C=O) groups excluding carboxylic acids is 1. The number of aromatic nitrogens is 1. The predicted octanol–water partition coefficient (Wildman–Crippen LogP) is 1.35. The van der Waals surface area contributed by atoms with Gasteiger partial charge in [-0.25, -0.2) is 0 Å². The van der Waals surface area contributed by atoms with Crippen LogP contribution in [0.15, 0.2) is 16.7 Å². The SMILES string of the molecule is CC1(O)CCN(C(=O)c2cc([N+](=O)[O-])ncc2Br)C1. The number of rotatable bonds is 2. The lowest BCUT2D eigenvalue weighted by molar-refractivity contribution is -0.389. The van der Waals surface area contributed by atoms with E-state index in [2.05, 4.69) is 20.9 Å². The number of hydrogen-bond donors (Lipinski definition) is 1. The van der Waals surface area contributed by atoms with Gasteiger partial charge in [-0.3, -0.25) is 4.79 Å². The first kappa shape index (κ1) is 13.9. The Morgan fingerprint density at radius 1 is 1.68 bits per heavy atom. The van der Waals surface area contributed by atoms with Crippen molar-refractivity contribution in [1.29, 1.82) is 0 Å². The molecule has 8 heteroatoms. The molecule has 0 radical (unpaired) electrons. The molecule has 0 aliphatic carbocycles. The molecule has 7 nitrogen and oxygen atoms in total. The molecule has 1 unspecified atom stereocenters. The van der Waals surface area contributed by atoms with Gasteiger partial charge >= 0.3 is 5.82 Å². The van der Waals surface area contributed by atoms with Crippen LogP contribution in [0.3, 0.4) is 0 Å². The molecule has 0 saturated carbocycles. The van der Waals surface area contributed by atoms with E-state index in [-0.39, 0.29) is 23.8 Å². The van der Waals surface area contributed by atoms with Crippen LogP contribution in [-0.4, -0.2) is 44.5 Å². The largest absolute Gasteiger partial charge is 0.388 e. The van der Waals surface area contributed by atoms with Crippen molar-refractivity contribution in [3.8, 4) is 0 Å². The molecular formula is C11H12BrN3O4. The minimum absolute atomic E-state index is 0.180. The molecule has 1 aliphatic heterocycles. The van der Waals surface area contributed by atoms with E-state index in [4.69, 9.17) is 0 Å². The molecule has 1 saturated heterocycles. The molecule has 1 aromatic rings. The van der Waals surface area contributed by atoms with Crippen molar-refractivity contribution in [1.82, 2.24) is 9.88 Å². The van der Waals surface area contributed by atoms with Crippen molar-refractivity contribution in [3.63, 3.8) is 0 Å². The lowest BCUT2D eigenvalue weighted by Crippen LogP contribution is -2.34. The fourth-order valence-electron chi connectivity index (χ4n) is 1.98. The Labute approximate surface area is 117 Å². The number of pyridine rings is 1. The molecular weight excluding hydrogens is 318 g/mol. The molecule has 0 aromatic carbocycles. The molecule has 2 rings (SSSR count). The van der Waals surface area contributed by atoms with E-state index in [1.165, 1.54) is 11.1 Å². The van der Waals surface area contributed by atoms with E-state index in [1.54, 1.807) is 6.92 Å². The van der Waals surface area contributed by atoms with Crippen LogP contribution >= 0.6 is 15.9 Å². The van der Waals surface area contributed by atoms with Crippen LogP contribution in [0.1, 0.15) is 23.7 Å². The van der Waals surface area contributed by atoms with E-state index < -0.39 is 10.5 Å². The highest BCUT2D eigenvalue weighted by atomic mass is 79.9. The van der Waals surface area contributed by atoms with Crippen molar-refractivity contribution in [3.05, 3.63) is 32.4 Å². The third kappa shape index (κ3) is 2.90.